The summed E-state index contributed by atoms with van der Waals surface area (Å²) in [5.74, 6) is -0.106. The predicted octanol–water partition coefficient (Wildman–Crippen LogP) is 2.62. The first-order chi connectivity index (χ1) is 13.0. The smallest absolute Gasteiger partial charge is 0.260 e. The van der Waals surface area contributed by atoms with Crippen molar-refractivity contribution in [2.45, 2.75) is 18.5 Å². The van der Waals surface area contributed by atoms with E-state index in [0.717, 1.165) is 37.2 Å². The number of amides is 1. The van der Waals surface area contributed by atoms with Crippen LogP contribution in [0.15, 0.2) is 59.6 Å². The van der Waals surface area contributed by atoms with E-state index in [0.29, 0.717) is 15.6 Å². The number of likely N-dealkylation sites (tertiary alicyclic amines) is 1. The second kappa shape index (κ2) is 7.15. The van der Waals surface area contributed by atoms with Crippen LogP contribution < -0.4 is 4.90 Å². The number of nitrogens with zero attached hydrogens (tertiary/aromatic N) is 2. The highest BCUT2D eigenvalue weighted by Gasteiger charge is 2.50. The Balaban J connectivity index is 1.76. The molecule has 27 heavy (non-hydrogen) atoms. The summed E-state index contributed by atoms with van der Waals surface area (Å²) in [4.78, 5) is 22.2. The Morgan fingerprint density at radius 1 is 1.11 bits per heavy atom. The minimum absolute atomic E-state index is 0.106. The maximum absolute atomic E-state index is 13.4. The molecule has 4 nitrogen and oxygen atoms in total. The lowest BCUT2D eigenvalue weighted by atomic mass is 9.95. The Kier molecular flexibility index (Phi) is 4.84. The minimum Gasteiger partial charge on any atom is -0.337 e. The molecule has 2 aliphatic heterocycles. The first-order valence-corrected chi connectivity index (χ1v) is 9.90. The van der Waals surface area contributed by atoms with Gasteiger partial charge in [0.15, 0.2) is 5.66 Å². The van der Waals surface area contributed by atoms with E-state index in [9.17, 15) is 4.79 Å². The van der Waals surface area contributed by atoms with Crippen molar-refractivity contribution in [2.24, 2.45) is 4.99 Å². The van der Waals surface area contributed by atoms with Crippen LogP contribution in [-0.4, -0.2) is 47.3 Å². The predicted molar refractivity (Wildman–Crippen MR) is 112 cm³/mol. The highest BCUT2D eigenvalue weighted by Crippen LogP contribution is 2.36. The van der Waals surface area contributed by atoms with Gasteiger partial charge in [-0.25, -0.2) is 0 Å². The van der Waals surface area contributed by atoms with E-state index in [1.54, 1.807) is 29.2 Å². The zero-order chi connectivity index (χ0) is 19.0. The van der Waals surface area contributed by atoms with Crippen LogP contribution in [0.5, 0.6) is 0 Å². The Bertz CT molecular complexity index is 903. The normalized spacial score (nSPS) is 25.0. The molecule has 138 valence electrons. The number of rotatable bonds is 2. The number of piperidine rings is 1. The molecule has 0 radical (unpaired) electrons. The largest absolute Gasteiger partial charge is 0.337 e. The molecule has 0 atom stereocenters. The van der Waals surface area contributed by atoms with Gasteiger partial charge in [0, 0.05) is 29.0 Å². The van der Waals surface area contributed by atoms with Crippen molar-refractivity contribution in [3.05, 3.63) is 70.7 Å². The van der Waals surface area contributed by atoms with E-state index in [4.69, 9.17) is 28.8 Å². The molecule has 0 unspecified atom stereocenters. The van der Waals surface area contributed by atoms with Gasteiger partial charge < -0.3 is 4.90 Å². The number of carbonyl (C=O) groups is 1. The first-order valence-electron chi connectivity index (χ1n) is 9.11. The van der Waals surface area contributed by atoms with E-state index in [2.05, 4.69) is 7.05 Å². The van der Waals surface area contributed by atoms with Crippen LogP contribution in [0.2, 0.25) is 5.02 Å². The lowest BCUT2D eigenvalue weighted by Crippen LogP contribution is -3.10. The zero-order valence-corrected chi connectivity index (χ0v) is 16.7. The summed E-state index contributed by atoms with van der Waals surface area (Å²) in [5, 5.41) is 0.606. The molecule has 1 N–H and O–H groups in total. The summed E-state index contributed by atoms with van der Waals surface area (Å²) in [5.41, 5.74) is 1.70. The number of thiocarbonyl (C=S) groups is 1. The topological polar surface area (TPSA) is 37.1 Å². The molecule has 0 bridgehead atoms. The van der Waals surface area contributed by atoms with Crippen molar-refractivity contribution < 1.29 is 9.69 Å². The number of carbonyl (C=O) groups excluding carboxylic acids is 1. The fourth-order valence-electron chi connectivity index (χ4n) is 3.80. The van der Waals surface area contributed by atoms with Gasteiger partial charge in [-0.1, -0.05) is 54.2 Å². The fourth-order valence-corrected chi connectivity index (χ4v) is 4.34. The molecule has 6 heteroatoms. The van der Waals surface area contributed by atoms with Crippen LogP contribution in [0.1, 0.15) is 28.8 Å². The number of aliphatic imine (C=N–C) groups is 1. The molecule has 0 aromatic heterocycles. The van der Waals surface area contributed by atoms with Crippen LogP contribution in [0.4, 0.5) is 0 Å². The second-order valence-corrected chi connectivity index (χ2v) is 8.04. The highest BCUT2D eigenvalue weighted by atomic mass is 35.5. The van der Waals surface area contributed by atoms with Crippen molar-refractivity contribution in [1.29, 1.82) is 0 Å². The number of nitrogens with one attached hydrogen (secondary N) is 1. The maximum atomic E-state index is 13.4. The van der Waals surface area contributed by atoms with Crippen molar-refractivity contribution in [3.63, 3.8) is 0 Å². The van der Waals surface area contributed by atoms with Gasteiger partial charge >= 0.3 is 0 Å². The zero-order valence-electron chi connectivity index (χ0n) is 15.1. The number of hydrogen-bond acceptors (Lipinski definition) is 3. The molecule has 1 saturated heterocycles. The Labute approximate surface area is 169 Å². The molecular formula is C21H21ClN3OS+. The van der Waals surface area contributed by atoms with Crippen LogP contribution >= 0.6 is 23.8 Å². The van der Waals surface area contributed by atoms with Gasteiger partial charge in [0.05, 0.1) is 20.1 Å². The summed E-state index contributed by atoms with van der Waals surface area (Å²) in [6.45, 7) is 1.91. The maximum Gasteiger partial charge on any atom is 0.260 e. The Hall–Kier alpha value is -2.08. The molecule has 4 rings (SSSR count). The SMILES string of the molecule is C[NH+]1CCC2(CC1)N=C(c1ccccc1)C(=S)N2C(=O)c1ccc(Cl)cc1. The van der Waals surface area contributed by atoms with Gasteiger partial charge in [-0.05, 0) is 24.3 Å². The number of quaternary nitrogens is 1. The molecule has 0 saturated carbocycles. The third-order valence-corrected chi connectivity index (χ3v) is 6.02. The van der Waals surface area contributed by atoms with Gasteiger partial charge in [0.1, 0.15) is 10.7 Å². The fraction of sp³-hybridized carbons (Fsp3) is 0.286. The summed E-state index contributed by atoms with van der Waals surface area (Å²) in [6.07, 6.45) is 1.60. The molecule has 2 aliphatic rings. The van der Waals surface area contributed by atoms with Crippen molar-refractivity contribution in [3.8, 4) is 0 Å². The third-order valence-electron chi connectivity index (χ3n) is 5.39. The summed E-state index contributed by atoms with van der Waals surface area (Å²) in [6, 6.07) is 16.9. The quantitative estimate of drug-likeness (QED) is 0.789. The van der Waals surface area contributed by atoms with Gasteiger partial charge in [0.25, 0.3) is 5.91 Å². The average molecular weight is 399 g/mol. The van der Waals surface area contributed by atoms with Gasteiger partial charge in [-0.15, -0.1) is 0 Å². The number of hydrogen-bond donors (Lipinski definition) is 1. The van der Waals surface area contributed by atoms with E-state index in [1.807, 2.05) is 30.3 Å². The van der Waals surface area contributed by atoms with Crippen LogP contribution in [0.3, 0.4) is 0 Å². The van der Waals surface area contributed by atoms with E-state index in [1.165, 1.54) is 4.90 Å². The van der Waals surface area contributed by atoms with Crippen LogP contribution in [0, 0.1) is 0 Å². The average Bonchev–Trinajstić information content (AvgIpc) is 2.97. The van der Waals surface area contributed by atoms with E-state index in [-0.39, 0.29) is 5.91 Å². The van der Waals surface area contributed by atoms with Crippen molar-refractivity contribution in [1.82, 2.24) is 4.90 Å². The summed E-state index contributed by atoms with van der Waals surface area (Å²) < 4.78 is 0. The van der Waals surface area contributed by atoms with Crippen LogP contribution in [0.25, 0.3) is 0 Å². The minimum atomic E-state index is -0.585. The Morgan fingerprint density at radius 3 is 2.37 bits per heavy atom. The summed E-state index contributed by atoms with van der Waals surface area (Å²) >= 11 is 11.8. The lowest BCUT2D eigenvalue weighted by Gasteiger charge is -2.39. The second-order valence-electron chi connectivity index (χ2n) is 7.22. The van der Waals surface area contributed by atoms with E-state index >= 15 is 0 Å². The molecule has 2 heterocycles. The summed E-state index contributed by atoms with van der Waals surface area (Å²) in [7, 11) is 2.17. The highest BCUT2D eigenvalue weighted by molar-refractivity contribution is 7.82. The molecule has 0 aliphatic carbocycles. The van der Waals surface area contributed by atoms with Crippen LogP contribution in [-0.2, 0) is 0 Å². The number of halogens is 1. The molecule has 2 aromatic carbocycles. The van der Waals surface area contributed by atoms with Gasteiger partial charge in [-0.3, -0.25) is 14.7 Å². The van der Waals surface area contributed by atoms with Gasteiger partial charge in [-0.2, -0.15) is 0 Å². The molecule has 2 aromatic rings. The molecular weight excluding hydrogens is 378 g/mol. The van der Waals surface area contributed by atoms with Crippen molar-refractivity contribution in [2.75, 3.05) is 20.1 Å². The third kappa shape index (κ3) is 3.31. The lowest BCUT2D eigenvalue weighted by molar-refractivity contribution is -0.886. The Morgan fingerprint density at radius 2 is 1.74 bits per heavy atom. The molecule has 1 amide bonds. The standard InChI is InChI=1S/C21H20ClN3OS/c1-24-13-11-21(12-14-24)23-18(15-5-3-2-4-6-15)20(27)25(21)19(26)16-7-9-17(22)10-8-16/h2-10H,11-14H2,1H3/p+1. The number of benzene rings is 2. The van der Waals surface area contributed by atoms with E-state index < -0.39 is 5.66 Å². The molecule has 1 spiro atoms. The van der Waals surface area contributed by atoms with Gasteiger partial charge in [0.2, 0.25) is 0 Å². The van der Waals surface area contributed by atoms with Crippen molar-refractivity contribution >= 4 is 40.4 Å². The molecule has 1 fully saturated rings. The monoisotopic (exact) mass is 398 g/mol. The first kappa shape index (κ1) is 18.3.